The first-order valence-electron chi connectivity index (χ1n) is 9.39. The molecule has 0 radical (unpaired) electrons. The van der Waals surface area contributed by atoms with Crippen LogP contribution in [0.1, 0.15) is 39.7 Å². The molecule has 0 fully saturated rings. The lowest BCUT2D eigenvalue weighted by atomic mass is 9.93. The molecule has 0 aliphatic carbocycles. The van der Waals surface area contributed by atoms with Gasteiger partial charge >= 0.3 is 5.97 Å². The van der Waals surface area contributed by atoms with E-state index >= 15 is 0 Å². The average molecular weight is 390 g/mol. The fourth-order valence-corrected chi connectivity index (χ4v) is 3.38. The van der Waals surface area contributed by atoms with Gasteiger partial charge in [0.15, 0.2) is 23.5 Å². The molecule has 0 N–H and O–H groups in total. The van der Waals surface area contributed by atoms with E-state index in [2.05, 4.69) is 0 Å². The number of fused-ring (bicyclic) bond motifs is 1. The lowest BCUT2D eigenvalue weighted by Gasteiger charge is -2.18. The number of esters is 1. The molecule has 0 aromatic heterocycles. The fraction of sp³-hybridized carbons (Fsp3) is 0.409. The third-order valence-electron chi connectivity index (χ3n) is 4.61. The maximum absolute atomic E-state index is 14.7. The van der Waals surface area contributed by atoms with E-state index in [-0.39, 0.29) is 18.6 Å². The molecule has 2 aromatic rings. The Morgan fingerprint density at radius 3 is 2.50 bits per heavy atom. The van der Waals surface area contributed by atoms with Crippen molar-refractivity contribution in [3.63, 3.8) is 0 Å². The van der Waals surface area contributed by atoms with Crippen LogP contribution in [0.3, 0.4) is 0 Å². The number of carbonyl (C=O) groups is 1. The summed E-state index contributed by atoms with van der Waals surface area (Å²) in [6.45, 7) is 7.44. The maximum Gasteiger partial charge on any atom is 0.347 e. The van der Waals surface area contributed by atoms with Crippen molar-refractivity contribution in [1.29, 1.82) is 0 Å². The van der Waals surface area contributed by atoms with Gasteiger partial charge in [0, 0.05) is 12.0 Å². The van der Waals surface area contributed by atoms with E-state index in [1.165, 1.54) is 12.1 Å². The van der Waals surface area contributed by atoms with Gasteiger partial charge in [-0.15, -0.1) is 0 Å². The van der Waals surface area contributed by atoms with Gasteiger partial charge in [0.2, 0.25) is 0 Å². The van der Waals surface area contributed by atoms with E-state index < -0.39 is 29.5 Å². The minimum atomic E-state index is -1.06. The summed E-state index contributed by atoms with van der Waals surface area (Å²) < 4.78 is 45.5. The van der Waals surface area contributed by atoms with Crippen LogP contribution in [0.4, 0.5) is 8.78 Å². The van der Waals surface area contributed by atoms with Crippen molar-refractivity contribution in [2.24, 2.45) is 0 Å². The number of ether oxygens (including phenoxy) is 3. The number of benzene rings is 2. The fourth-order valence-electron chi connectivity index (χ4n) is 3.38. The number of carbonyl (C=O) groups excluding carboxylic acids is 1. The van der Waals surface area contributed by atoms with E-state index in [1.807, 2.05) is 26.0 Å². The normalized spacial score (nSPS) is 15.5. The Kier molecular flexibility index (Phi) is 5.59. The number of rotatable bonds is 6. The molecule has 3 rings (SSSR count). The molecule has 28 heavy (non-hydrogen) atoms. The molecule has 6 heteroatoms. The highest BCUT2D eigenvalue weighted by Gasteiger charge is 2.32. The van der Waals surface area contributed by atoms with Gasteiger partial charge in [0.1, 0.15) is 11.4 Å². The van der Waals surface area contributed by atoms with Crippen molar-refractivity contribution in [3.05, 3.63) is 47.5 Å². The van der Waals surface area contributed by atoms with Gasteiger partial charge in [-0.2, -0.15) is 0 Å². The molecule has 1 unspecified atom stereocenters. The Morgan fingerprint density at radius 2 is 1.89 bits per heavy atom. The molecular formula is C22H24F2O4. The van der Waals surface area contributed by atoms with Crippen LogP contribution in [0, 0.1) is 11.6 Å². The van der Waals surface area contributed by atoms with Crippen molar-refractivity contribution in [1.82, 2.24) is 0 Å². The van der Waals surface area contributed by atoms with E-state index in [9.17, 15) is 13.6 Å². The van der Waals surface area contributed by atoms with Gasteiger partial charge in [0.05, 0.1) is 6.61 Å². The Labute approximate surface area is 163 Å². The first-order chi connectivity index (χ1) is 13.3. The number of hydrogen-bond acceptors (Lipinski definition) is 4. The van der Waals surface area contributed by atoms with Crippen LogP contribution in [-0.4, -0.2) is 24.3 Å². The second kappa shape index (κ2) is 7.78. The Balaban J connectivity index is 1.94. The second-order valence-corrected chi connectivity index (χ2v) is 7.36. The van der Waals surface area contributed by atoms with Crippen LogP contribution in [0.2, 0.25) is 0 Å². The molecule has 150 valence electrons. The topological polar surface area (TPSA) is 44.8 Å². The lowest BCUT2D eigenvalue weighted by Crippen LogP contribution is -2.29. The van der Waals surface area contributed by atoms with Gasteiger partial charge in [-0.3, -0.25) is 0 Å². The quantitative estimate of drug-likeness (QED) is 0.647. The molecule has 1 aliphatic heterocycles. The van der Waals surface area contributed by atoms with Crippen molar-refractivity contribution < 1.29 is 27.8 Å². The van der Waals surface area contributed by atoms with Crippen LogP contribution in [-0.2, 0) is 16.0 Å². The summed E-state index contributed by atoms with van der Waals surface area (Å²) in [5.74, 6) is -2.24. The molecule has 0 amide bonds. The minimum absolute atomic E-state index is 0.167. The van der Waals surface area contributed by atoms with Crippen LogP contribution < -0.4 is 9.47 Å². The standard InChI is InChI=1S/C22H24F2O4/c1-5-18(21(25)26-6-2)27-20-16(23)10-13(11-17(20)24)14-8-7-9-19-15(14)12-22(3,4)28-19/h7-11,18H,5-6,12H2,1-4H3. The first kappa shape index (κ1) is 20.1. The van der Waals surface area contributed by atoms with Crippen LogP contribution >= 0.6 is 0 Å². The Morgan fingerprint density at radius 1 is 1.21 bits per heavy atom. The summed E-state index contributed by atoms with van der Waals surface area (Å²) >= 11 is 0. The van der Waals surface area contributed by atoms with Crippen molar-refractivity contribution in [3.8, 4) is 22.6 Å². The van der Waals surface area contributed by atoms with E-state index in [0.717, 1.165) is 11.3 Å². The molecule has 0 spiro atoms. The minimum Gasteiger partial charge on any atom is -0.487 e. The maximum atomic E-state index is 14.7. The molecule has 0 saturated carbocycles. The second-order valence-electron chi connectivity index (χ2n) is 7.36. The largest absolute Gasteiger partial charge is 0.487 e. The average Bonchev–Trinajstić information content (AvgIpc) is 2.95. The van der Waals surface area contributed by atoms with Gasteiger partial charge in [-0.1, -0.05) is 19.1 Å². The zero-order chi connectivity index (χ0) is 20.5. The van der Waals surface area contributed by atoms with Crippen molar-refractivity contribution in [2.45, 2.75) is 52.2 Å². The summed E-state index contributed by atoms with van der Waals surface area (Å²) in [6.07, 6.45) is -0.191. The molecule has 0 saturated heterocycles. The van der Waals surface area contributed by atoms with E-state index in [1.54, 1.807) is 19.9 Å². The third kappa shape index (κ3) is 3.96. The SMILES string of the molecule is CCOC(=O)C(CC)Oc1c(F)cc(-c2cccc3c2CC(C)(C)O3)cc1F. The smallest absolute Gasteiger partial charge is 0.347 e. The van der Waals surface area contributed by atoms with E-state index in [0.29, 0.717) is 17.5 Å². The molecule has 4 nitrogen and oxygen atoms in total. The van der Waals surface area contributed by atoms with Crippen LogP contribution in [0.25, 0.3) is 11.1 Å². The zero-order valence-corrected chi connectivity index (χ0v) is 16.5. The third-order valence-corrected chi connectivity index (χ3v) is 4.61. The number of hydrogen-bond donors (Lipinski definition) is 0. The summed E-state index contributed by atoms with van der Waals surface area (Å²) in [7, 11) is 0. The predicted octanol–water partition coefficient (Wildman–Crippen LogP) is 5.07. The monoisotopic (exact) mass is 390 g/mol. The summed E-state index contributed by atoms with van der Waals surface area (Å²) in [4.78, 5) is 11.9. The first-order valence-corrected chi connectivity index (χ1v) is 9.39. The van der Waals surface area contributed by atoms with Crippen molar-refractivity contribution >= 4 is 5.97 Å². The zero-order valence-electron chi connectivity index (χ0n) is 16.5. The molecule has 2 aromatic carbocycles. The highest BCUT2D eigenvalue weighted by Crippen LogP contribution is 2.41. The Bertz CT molecular complexity index is 869. The number of halogens is 2. The van der Waals surface area contributed by atoms with Gasteiger partial charge < -0.3 is 14.2 Å². The van der Waals surface area contributed by atoms with Gasteiger partial charge in [0.25, 0.3) is 0 Å². The molecular weight excluding hydrogens is 366 g/mol. The van der Waals surface area contributed by atoms with Crippen LogP contribution in [0.15, 0.2) is 30.3 Å². The van der Waals surface area contributed by atoms with Crippen molar-refractivity contribution in [2.75, 3.05) is 6.61 Å². The predicted molar refractivity (Wildman–Crippen MR) is 102 cm³/mol. The Hall–Kier alpha value is -2.63. The molecule has 1 heterocycles. The van der Waals surface area contributed by atoms with E-state index in [4.69, 9.17) is 14.2 Å². The summed E-state index contributed by atoms with van der Waals surface area (Å²) in [5, 5.41) is 0. The van der Waals surface area contributed by atoms with Gasteiger partial charge in [-0.05, 0) is 56.5 Å². The van der Waals surface area contributed by atoms with Gasteiger partial charge in [-0.25, -0.2) is 13.6 Å². The molecule has 1 atom stereocenters. The lowest BCUT2D eigenvalue weighted by molar-refractivity contribution is -0.151. The highest BCUT2D eigenvalue weighted by molar-refractivity contribution is 5.75. The summed E-state index contributed by atoms with van der Waals surface area (Å²) in [6, 6.07) is 7.90. The highest BCUT2D eigenvalue weighted by atomic mass is 19.1. The molecule has 0 bridgehead atoms. The molecule has 1 aliphatic rings. The summed E-state index contributed by atoms with van der Waals surface area (Å²) in [5.41, 5.74) is 1.65. The van der Waals surface area contributed by atoms with Crippen LogP contribution in [0.5, 0.6) is 11.5 Å².